The number of methoxy groups -OCH3 is 1. The fourth-order valence-corrected chi connectivity index (χ4v) is 7.13. The number of rotatable bonds is 8. The maximum Gasteiger partial charge on any atom is 0.264 e. The van der Waals surface area contributed by atoms with Crippen molar-refractivity contribution in [3.05, 3.63) is 113 Å². The van der Waals surface area contributed by atoms with Crippen LogP contribution in [0.2, 0.25) is 0 Å². The molecular formula is C39H41FN6O5. The maximum absolute atomic E-state index is 15.6. The smallest absolute Gasteiger partial charge is 0.264 e. The Kier molecular flexibility index (Phi) is 9.37. The Balaban J connectivity index is 1.31. The summed E-state index contributed by atoms with van der Waals surface area (Å²) < 4.78 is 30.0. The van der Waals surface area contributed by atoms with Gasteiger partial charge in [0.2, 0.25) is 0 Å². The molecular weight excluding hydrogens is 651 g/mol. The third-order valence-corrected chi connectivity index (χ3v) is 10.0. The van der Waals surface area contributed by atoms with Crippen molar-refractivity contribution in [2.45, 2.75) is 25.9 Å². The summed E-state index contributed by atoms with van der Waals surface area (Å²) in [6, 6.07) is 18.9. The van der Waals surface area contributed by atoms with Crippen molar-refractivity contribution in [3.63, 3.8) is 0 Å². The van der Waals surface area contributed by atoms with Crippen LogP contribution < -0.4 is 9.64 Å². The monoisotopic (exact) mass is 692 g/mol. The Hall–Kier alpha value is -5.46. The van der Waals surface area contributed by atoms with Gasteiger partial charge in [0.1, 0.15) is 5.75 Å². The van der Waals surface area contributed by atoms with E-state index in [9.17, 15) is 14.7 Å². The van der Waals surface area contributed by atoms with Gasteiger partial charge in [-0.15, -0.1) is 0 Å². The molecule has 1 fully saturated rings. The fraction of sp³-hybridized carbons (Fsp3) is 0.308. The zero-order valence-electron chi connectivity index (χ0n) is 29.2. The minimum absolute atomic E-state index is 0.0402. The van der Waals surface area contributed by atoms with Gasteiger partial charge in [0, 0.05) is 75.2 Å². The van der Waals surface area contributed by atoms with E-state index in [1.807, 2.05) is 30.0 Å². The molecule has 0 unspecified atom stereocenters. The topological polar surface area (TPSA) is 105 Å². The lowest BCUT2D eigenvalue weighted by Gasteiger charge is -2.40. The predicted octanol–water partition coefficient (Wildman–Crippen LogP) is 5.47. The zero-order chi connectivity index (χ0) is 35.8. The number of hydrogen-bond donors (Lipinski definition) is 1. The number of carbonyl (C=O) groups is 2. The molecule has 0 bridgehead atoms. The summed E-state index contributed by atoms with van der Waals surface area (Å²) in [5.41, 5.74) is 5.45. The van der Waals surface area contributed by atoms with E-state index in [-0.39, 0.29) is 34.9 Å². The lowest BCUT2D eigenvalue weighted by atomic mass is 9.92. The number of aryl methyl sites for hydroxylation is 1. The fourth-order valence-electron chi connectivity index (χ4n) is 7.13. The number of fused-ring (bicyclic) bond motifs is 1. The number of amides is 2. The second kappa shape index (κ2) is 14.0. The van der Waals surface area contributed by atoms with E-state index in [4.69, 9.17) is 9.47 Å². The number of hydrogen-bond acceptors (Lipinski definition) is 7. The van der Waals surface area contributed by atoms with Crippen LogP contribution in [0.25, 0.3) is 11.3 Å². The Morgan fingerprint density at radius 1 is 1.00 bits per heavy atom. The van der Waals surface area contributed by atoms with Crippen LogP contribution in [0.5, 0.6) is 11.5 Å². The highest BCUT2D eigenvalue weighted by atomic mass is 19.1. The minimum Gasteiger partial charge on any atom is -0.508 e. The summed E-state index contributed by atoms with van der Waals surface area (Å²) in [5.74, 6) is -1.19. The molecule has 1 N–H and O–H groups in total. The Bertz CT molecular complexity index is 2080. The van der Waals surface area contributed by atoms with Gasteiger partial charge >= 0.3 is 0 Å². The van der Waals surface area contributed by atoms with E-state index in [2.05, 4.69) is 16.1 Å². The van der Waals surface area contributed by atoms with Crippen LogP contribution in [0, 0.1) is 12.7 Å². The molecule has 2 aliphatic rings. The van der Waals surface area contributed by atoms with Crippen molar-refractivity contribution >= 4 is 23.2 Å². The third kappa shape index (κ3) is 6.60. The van der Waals surface area contributed by atoms with Crippen molar-refractivity contribution in [1.29, 1.82) is 0 Å². The lowest BCUT2D eigenvalue weighted by Crippen LogP contribution is -2.52. The van der Waals surface area contributed by atoms with Gasteiger partial charge in [-0.25, -0.2) is 4.39 Å². The van der Waals surface area contributed by atoms with Gasteiger partial charge in [0.15, 0.2) is 11.6 Å². The molecule has 0 radical (unpaired) electrons. The summed E-state index contributed by atoms with van der Waals surface area (Å²) in [4.78, 5) is 35.1. The predicted molar refractivity (Wildman–Crippen MR) is 191 cm³/mol. The van der Waals surface area contributed by atoms with Gasteiger partial charge in [-0.05, 0) is 66.9 Å². The standard InChI is InChI=1S/C39H41FN6O5/c1-25-32(39(49)46(30-21-41-42(2)23-30)28-9-11-31(47)12-10-28)19-36(43(25)3)33-18-35(40)37(50-4)20-34(33)38(48)45-22-27-8-6-5-7-26(27)17-29(45)24-44-13-15-51-16-14-44/h5-12,18-21,23,29,47H,13-17,22,24H2,1-4H3/t29-/m0/s1. The van der Waals surface area contributed by atoms with E-state index < -0.39 is 5.82 Å². The molecule has 3 aromatic carbocycles. The second-order valence-electron chi connectivity index (χ2n) is 13.1. The number of phenols is 1. The first-order chi connectivity index (χ1) is 24.6. The molecule has 2 aromatic heterocycles. The van der Waals surface area contributed by atoms with Gasteiger partial charge in [0.25, 0.3) is 11.8 Å². The summed E-state index contributed by atoms with van der Waals surface area (Å²) in [7, 11) is 4.94. The van der Waals surface area contributed by atoms with E-state index >= 15 is 4.39 Å². The van der Waals surface area contributed by atoms with Gasteiger partial charge in [0.05, 0.1) is 43.3 Å². The van der Waals surface area contributed by atoms with Crippen LogP contribution in [-0.2, 0) is 31.8 Å². The average molecular weight is 693 g/mol. The lowest BCUT2D eigenvalue weighted by molar-refractivity contribution is 0.0193. The number of phenolic OH excluding ortho intramolecular Hbond substituents is 1. The van der Waals surface area contributed by atoms with Gasteiger partial charge in [-0.1, -0.05) is 24.3 Å². The largest absolute Gasteiger partial charge is 0.508 e. The van der Waals surface area contributed by atoms with Crippen molar-refractivity contribution < 1.29 is 28.6 Å². The number of anilines is 2. The molecule has 4 heterocycles. The molecule has 1 saturated heterocycles. The van der Waals surface area contributed by atoms with Gasteiger partial charge in [-0.2, -0.15) is 5.10 Å². The molecule has 5 aromatic rings. The molecule has 11 nitrogen and oxygen atoms in total. The molecule has 1 atom stereocenters. The average Bonchev–Trinajstić information content (AvgIpc) is 3.70. The Morgan fingerprint density at radius 2 is 1.73 bits per heavy atom. The van der Waals surface area contributed by atoms with E-state index in [1.165, 1.54) is 41.8 Å². The van der Waals surface area contributed by atoms with Crippen LogP contribution in [0.4, 0.5) is 15.8 Å². The van der Waals surface area contributed by atoms with Gasteiger partial charge in [-0.3, -0.25) is 24.1 Å². The van der Waals surface area contributed by atoms with E-state index in [0.29, 0.717) is 66.6 Å². The summed E-state index contributed by atoms with van der Waals surface area (Å²) in [6.07, 6.45) is 4.00. The van der Waals surface area contributed by atoms with E-state index in [1.54, 1.807) is 53.9 Å². The first kappa shape index (κ1) is 34.0. The first-order valence-corrected chi connectivity index (χ1v) is 17.0. The van der Waals surface area contributed by atoms with Crippen molar-refractivity contribution in [2.75, 3.05) is 44.9 Å². The molecule has 2 amide bonds. The quantitative estimate of drug-likeness (QED) is 0.230. The number of halogens is 1. The molecule has 0 aliphatic carbocycles. The number of morpholine rings is 1. The zero-order valence-corrected chi connectivity index (χ0v) is 29.2. The Morgan fingerprint density at radius 3 is 2.41 bits per heavy atom. The molecule has 12 heteroatoms. The number of nitrogens with zero attached hydrogens (tertiary/aromatic N) is 6. The van der Waals surface area contributed by atoms with Crippen molar-refractivity contribution in [2.24, 2.45) is 14.1 Å². The SMILES string of the molecule is COc1cc(C(=O)N2Cc3ccccc3C[C@H]2CN2CCOCC2)c(-c2cc(C(=O)N(c3ccc(O)cc3)c3cnn(C)c3)c(C)n2C)cc1F. The summed E-state index contributed by atoms with van der Waals surface area (Å²) >= 11 is 0. The van der Waals surface area contributed by atoms with Crippen molar-refractivity contribution in [1.82, 2.24) is 24.1 Å². The normalized spacial score (nSPS) is 16.2. The number of ether oxygens (including phenoxy) is 2. The van der Waals surface area contributed by atoms with Crippen LogP contribution in [-0.4, -0.2) is 87.1 Å². The highest BCUT2D eigenvalue weighted by molar-refractivity contribution is 6.12. The number of aromatic nitrogens is 3. The Labute approximate surface area is 296 Å². The van der Waals surface area contributed by atoms with E-state index in [0.717, 1.165) is 18.7 Å². The highest BCUT2D eigenvalue weighted by Gasteiger charge is 2.35. The number of aromatic hydroxyl groups is 1. The van der Waals surface area contributed by atoms with Gasteiger partial charge < -0.3 is 24.0 Å². The minimum atomic E-state index is -0.620. The first-order valence-electron chi connectivity index (χ1n) is 17.0. The van der Waals surface area contributed by atoms with Crippen LogP contribution in [0.3, 0.4) is 0 Å². The highest BCUT2D eigenvalue weighted by Crippen LogP contribution is 2.37. The van der Waals surface area contributed by atoms with Crippen LogP contribution in [0.15, 0.2) is 79.1 Å². The van der Waals surface area contributed by atoms with Crippen molar-refractivity contribution in [3.8, 4) is 22.8 Å². The molecule has 0 saturated carbocycles. The summed E-state index contributed by atoms with van der Waals surface area (Å²) in [6.45, 7) is 5.78. The molecule has 264 valence electrons. The molecule has 0 spiro atoms. The second-order valence-corrected chi connectivity index (χ2v) is 13.1. The molecule has 2 aliphatic heterocycles. The van der Waals surface area contributed by atoms with Crippen LogP contribution in [0.1, 0.15) is 37.5 Å². The molecule has 51 heavy (non-hydrogen) atoms. The molecule has 7 rings (SSSR count). The third-order valence-electron chi connectivity index (χ3n) is 10.0. The number of benzene rings is 3. The number of carbonyl (C=O) groups excluding carboxylic acids is 2. The summed E-state index contributed by atoms with van der Waals surface area (Å²) in [5, 5.41) is 14.2. The van der Waals surface area contributed by atoms with Crippen LogP contribution >= 0.6 is 0 Å². The maximum atomic E-state index is 15.6.